The Balaban J connectivity index is 1.53. The van der Waals surface area contributed by atoms with Crippen molar-refractivity contribution in [2.75, 3.05) is 13.1 Å². The lowest BCUT2D eigenvalue weighted by Gasteiger charge is -2.31. The summed E-state index contributed by atoms with van der Waals surface area (Å²) in [5.74, 6) is -0.492. The average molecular weight is 411 g/mol. The van der Waals surface area contributed by atoms with Gasteiger partial charge in [0, 0.05) is 24.2 Å². The second kappa shape index (κ2) is 8.37. The van der Waals surface area contributed by atoms with Crippen LogP contribution in [0, 0.1) is 5.82 Å². The summed E-state index contributed by atoms with van der Waals surface area (Å²) in [4.78, 5) is 12.4. The third kappa shape index (κ3) is 5.06. The molecule has 1 saturated heterocycles. The number of nitrogens with one attached hydrogen (secondary N) is 1. The molecule has 1 heterocycles. The molecule has 0 saturated carbocycles. The van der Waals surface area contributed by atoms with Crippen LogP contribution in [0.5, 0.6) is 0 Å². The van der Waals surface area contributed by atoms with Gasteiger partial charge in [0.2, 0.25) is 15.9 Å². The Morgan fingerprint density at radius 1 is 1.07 bits per heavy atom. The van der Waals surface area contributed by atoms with Crippen molar-refractivity contribution in [2.45, 2.75) is 30.2 Å². The summed E-state index contributed by atoms with van der Waals surface area (Å²) >= 11 is 5.81. The van der Waals surface area contributed by atoms with Crippen LogP contribution >= 0.6 is 11.6 Å². The van der Waals surface area contributed by atoms with Gasteiger partial charge in [-0.25, -0.2) is 12.8 Å². The normalized spacial score (nSPS) is 16.2. The molecule has 0 unspecified atom stereocenters. The molecule has 1 aliphatic heterocycles. The third-order valence-corrected chi connectivity index (χ3v) is 6.71. The highest BCUT2D eigenvalue weighted by molar-refractivity contribution is 7.89. The lowest BCUT2D eigenvalue weighted by molar-refractivity contribution is -0.121. The van der Waals surface area contributed by atoms with E-state index >= 15 is 0 Å². The van der Waals surface area contributed by atoms with Crippen molar-refractivity contribution in [3.05, 3.63) is 64.9 Å². The van der Waals surface area contributed by atoms with Gasteiger partial charge in [-0.2, -0.15) is 4.31 Å². The second-order valence-corrected chi connectivity index (χ2v) is 8.88. The van der Waals surface area contributed by atoms with Crippen LogP contribution in [0.15, 0.2) is 53.4 Å². The number of hydrogen-bond acceptors (Lipinski definition) is 3. The van der Waals surface area contributed by atoms with Crippen LogP contribution in [-0.4, -0.2) is 37.8 Å². The Morgan fingerprint density at radius 3 is 2.26 bits per heavy atom. The van der Waals surface area contributed by atoms with Crippen LogP contribution in [0.25, 0.3) is 0 Å². The van der Waals surface area contributed by atoms with Crippen LogP contribution in [0.1, 0.15) is 18.4 Å². The molecular weight excluding hydrogens is 391 g/mol. The smallest absolute Gasteiger partial charge is 0.243 e. The fourth-order valence-corrected chi connectivity index (χ4v) is 4.66. The zero-order valence-electron chi connectivity index (χ0n) is 14.6. The summed E-state index contributed by atoms with van der Waals surface area (Å²) in [7, 11) is -3.56. The average Bonchev–Trinajstić information content (AvgIpc) is 2.64. The zero-order chi connectivity index (χ0) is 19.4. The predicted octanol–water partition coefficient (Wildman–Crippen LogP) is 2.99. The Hall–Kier alpha value is -1.96. The first kappa shape index (κ1) is 19.8. The maximum atomic E-state index is 12.9. The minimum atomic E-state index is -3.56. The molecular formula is C19H20ClFN2O3S. The number of carbonyl (C=O) groups excluding carboxylic acids is 1. The van der Waals surface area contributed by atoms with Crippen LogP contribution in [-0.2, 0) is 21.2 Å². The van der Waals surface area contributed by atoms with Gasteiger partial charge in [0.1, 0.15) is 5.82 Å². The number of sulfonamides is 1. The number of rotatable bonds is 5. The molecule has 0 aliphatic carbocycles. The van der Waals surface area contributed by atoms with E-state index < -0.39 is 10.0 Å². The van der Waals surface area contributed by atoms with Gasteiger partial charge in [-0.3, -0.25) is 4.79 Å². The highest BCUT2D eigenvalue weighted by Crippen LogP contribution is 2.22. The van der Waals surface area contributed by atoms with Crippen LogP contribution < -0.4 is 5.32 Å². The van der Waals surface area contributed by atoms with Crippen molar-refractivity contribution < 1.29 is 17.6 Å². The molecule has 2 aromatic rings. The largest absolute Gasteiger partial charge is 0.353 e. The van der Waals surface area contributed by atoms with Gasteiger partial charge in [-0.15, -0.1) is 0 Å². The molecule has 0 bridgehead atoms. The fraction of sp³-hybridized carbons (Fsp3) is 0.316. The first-order valence-corrected chi connectivity index (χ1v) is 10.5. The van der Waals surface area contributed by atoms with E-state index in [0.29, 0.717) is 31.0 Å². The van der Waals surface area contributed by atoms with Gasteiger partial charge in [0.15, 0.2) is 0 Å². The van der Waals surface area contributed by atoms with Gasteiger partial charge in [-0.05, 0) is 54.8 Å². The van der Waals surface area contributed by atoms with Crippen LogP contribution in [0.2, 0.25) is 5.02 Å². The highest BCUT2D eigenvalue weighted by atomic mass is 35.5. The lowest BCUT2D eigenvalue weighted by atomic mass is 10.1. The van der Waals surface area contributed by atoms with E-state index in [2.05, 4.69) is 5.32 Å². The van der Waals surface area contributed by atoms with E-state index in [1.54, 1.807) is 24.3 Å². The Bertz CT molecular complexity index is 894. The summed E-state index contributed by atoms with van der Waals surface area (Å²) in [6.45, 7) is 0.679. The standard InChI is InChI=1S/C19H20ClFN2O3S/c20-15-3-7-18(8-4-15)27(25,26)23-11-9-17(10-12-23)22-19(24)13-14-1-5-16(21)6-2-14/h1-8,17H,9-13H2,(H,22,24). The molecule has 27 heavy (non-hydrogen) atoms. The minimum absolute atomic E-state index is 0.0744. The van der Waals surface area contributed by atoms with E-state index in [0.717, 1.165) is 5.56 Å². The van der Waals surface area contributed by atoms with Crippen LogP contribution in [0.4, 0.5) is 4.39 Å². The number of carbonyl (C=O) groups is 1. The third-order valence-electron chi connectivity index (χ3n) is 4.55. The summed E-state index contributed by atoms with van der Waals surface area (Å²) in [5.41, 5.74) is 0.733. The van der Waals surface area contributed by atoms with Crippen molar-refractivity contribution in [1.29, 1.82) is 0 Å². The van der Waals surface area contributed by atoms with Gasteiger partial charge < -0.3 is 5.32 Å². The van der Waals surface area contributed by atoms with Crippen molar-refractivity contribution in [3.63, 3.8) is 0 Å². The predicted molar refractivity (Wildman–Crippen MR) is 101 cm³/mol. The molecule has 2 aromatic carbocycles. The summed E-state index contributed by atoms with van der Waals surface area (Å²) in [6, 6.07) is 11.8. The van der Waals surface area contributed by atoms with Crippen LogP contribution in [0.3, 0.4) is 0 Å². The monoisotopic (exact) mass is 410 g/mol. The number of piperidine rings is 1. The highest BCUT2D eigenvalue weighted by Gasteiger charge is 2.29. The Labute approximate surface area is 163 Å². The maximum Gasteiger partial charge on any atom is 0.243 e. The Morgan fingerprint density at radius 2 is 1.67 bits per heavy atom. The fourth-order valence-electron chi connectivity index (χ4n) is 3.06. The number of amides is 1. The molecule has 0 spiro atoms. The molecule has 1 N–H and O–H groups in total. The summed E-state index contributed by atoms with van der Waals surface area (Å²) < 4.78 is 39.7. The van der Waals surface area contributed by atoms with E-state index in [4.69, 9.17) is 11.6 Å². The van der Waals surface area contributed by atoms with Crippen molar-refractivity contribution >= 4 is 27.5 Å². The van der Waals surface area contributed by atoms with Crippen molar-refractivity contribution in [3.8, 4) is 0 Å². The topological polar surface area (TPSA) is 66.5 Å². The molecule has 1 fully saturated rings. The Kier molecular flexibility index (Phi) is 6.14. The van der Waals surface area contributed by atoms with Crippen molar-refractivity contribution in [2.24, 2.45) is 0 Å². The molecule has 1 amide bonds. The van der Waals surface area contributed by atoms with Crippen molar-refractivity contribution in [1.82, 2.24) is 9.62 Å². The molecule has 8 heteroatoms. The molecule has 0 aromatic heterocycles. The lowest BCUT2D eigenvalue weighted by Crippen LogP contribution is -2.46. The SMILES string of the molecule is O=C(Cc1ccc(F)cc1)NC1CCN(S(=O)(=O)c2ccc(Cl)cc2)CC1. The molecule has 3 rings (SSSR count). The molecule has 5 nitrogen and oxygen atoms in total. The number of benzene rings is 2. The molecule has 0 radical (unpaired) electrons. The molecule has 0 atom stereocenters. The molecule has 1 aliphatic rings. The number of halogens is 2. The van der Waals surface area contributed by atoms with E-state index in [1.807, 2.05) is 0 Å². The van der Waals surface area contributed by atoms with E-state index in [-0.39, 0.29) is 29.1 Å². The van der Waals surface area contributed by atoms with Gasteiger partial charge >= 0.3 is 0 Å². The summed E-state index contributed by atoms with van der Waals surface area (Å²) in [5, 5.41) is 3.41. The van der Waals surface area contributed by atoms with E-state index in [9.17, 15) is 17.6 Å². The maximum absolute atomic E-state index is 12.9. The van der Waals surface area contributed by atoms with Gasteiger partial charge in [0.05, 0.1) is 11.3 Å². The van der Waals surface area contributed by atoms with Gasteiger partial charge in [-0.1, -0.05) is 23.7 Å². The summed E-state index contributed by atoms with van der Waals surface area (Å²) in [6.07, 6.45) is 1.26. The van der Waals surface area contributed by atoms with Gasteiger partial charge in [0.25, 0.3) is 0 Å². The molecule has 144 valence electrons. The first-order chi connectivity index (χ1) is 12.8. The first-order valence-electron chi connectivity index (χ1n) is 8.64. The minimum Gasteiger partial charge on any atom is -0.353 e. The number of nitrogens with zero attached hydrogens (tertiary/aromatic N) is 1. The quantitative estimate of drug-likeness (QED) is 0.824. The van der Waals surface area contributed by atoms with E-state index in [1.165, 1.54) is 28.6 Å². The second-order valence-electron chi connectivity index (χ2n) is 6.50. The number of hydrogen-bond donors (Lipinski definition) is 1. The zero-order valence-corrected chi connectivity index (χ0v) is 16.1.